The van der Waals surface area contributed by atoms with Gasteiger partial charge in [0.1, 0.15) is 0 Å². The number of aliphatic hydroxyl groups excluding tert-OH is 1. The Morgan fingerprint density at radius 2 is 1.71 bits per heavy atom. The lowest BCUT2D eigenvalue weighted by atomic mass is 9.63. The van der Waals surface area contributed by atoms with Gasteiger partial charge < -0.3 is 10.0 Å². The number of hydrogen-bond donors (Lipinski definition) is 1. The van der Waals surface area contributed by atoms with Crippen LogP contribution in [0.3, 0.4) is 0 Å². The minimum absolute atomic E-state index is 0.125. The molecule has 1 fully saturated rings. The van der Waals surface area contributed by atoms with E-state index in [2.05, 4.69) is 62.6 Å². The summed E-state index contributed by atoms with van der Waals surface area (Å²) in [4.78, 5) is 23.9. The number of nitrogens with zero attached hydrogens (tertiary/aromatic N) is 3. The van der Waals surface area contributed by atoms with Crippen molar-refractivity contribution in [1.82, 2.24) is 9.88 Å². The van der Waals surface area contributed by atoms with Crippen LogP contribution in [0.25, 0.3) is 11.3 Å². The van der Waals surface area contributed by atoms with Gasteiger partial charge in [0.2, 0.25) is 0 Å². The first kappa shape index (κ1) is 26.3. The van der Waals surface area contributed by atoms with Crippen molar-refractivity contribution in [3.63, 3.8) is 0 Å². The summed E-state index contributed by atoms with van der Waals surface area (Å²) in [6.07, 6.45) is 5.69. The number of piperazine rings is 1. The van der Waals surface area contributed by atoms with Crippen LogP contribution in [-0.2, 0) is 10.8 Å². The summed E-state index contributed by atoms with van der Waals surface area (Å²) in [5.41, 5.74) is 5.10. The fraction of sp³-hybridized carbons (Fsp3) is 0.655. The maximum absolute atomic E-state index is 13.2. The number of aliphatic hydroxyl groups is 1. The maximum atomic E-state index is 13.2. The molecule has 6 heteroatoms. The number of carbonyl (C=O) groups is 1. The standard InChI is InChI=1S/C29H43N3O2S/c1-6-9-24(34)26-25(21-10-11-22-23(20-21)29(4,5)13-12-28(22,2)3)30-27(35-26)32-17-15-31(16-18-32)14-7-8-19-33/h10-11,20,33H,6-9,12-19H2,1-5H3. The quantitative estimate of drug-likeness (QED) is 0.338. The fourth-order valence-electron chi connectivity index (χ4n) is 5.52. The zero-order chi connectivity index (χ0) is 25.2. The van der Waals surface area contributed by atoms with Crippen molar-refractivity contribution in [3.8, 4) is 11.3 Å². The molecule has 0 amide bonds. The van der Waals surface area contributed by atoms with Crippen LogP contribution in [0, 0.1) is 0 Å². The number of unbranched alkanes of at least 4 members (excludes halogenated alkanes) is 1. The van der Waals surface area contributed by atoms with Crippen molar-refractivity contribution < 1.29 is 9.90 Å². The smallest absolute Gasteiger partial charge is 0.186 e. The van der Waals surface area contributed by atoms with E-state index in [0.29, 0.717) is 6.42 Å². The predicted octanol–water partition coefficient (Wildman–Crippen LogP) is 6.04. The molecule has 5 nitrogen and oxygen atoms in total. The molecule has 0 saturated carbocycles. The highest BCUT2D eigenvalue weighted by molar-refractivity contribution is 7.18. The van der Waals surface area contributed by atoms with Crippen LogP contribution < -0.4 is 4.90 Å². The molecule has 0 atom stereocenters. The lowest BCUT2D eigenvalue weighted by molar-refractivity contribution is 0.0986. The molecule has 1 aromatic carbocycles. The maximum Gasteiger partial charge on any atom is 0.186 e. The molecule has 1 aliphatic carbocycles. The van der Waals surface area contributed by atoms with Gasteiger partial charge in [0.15, 0.2) is 10.9 Å². The Labute approximate surface area is 215 Å². The summed E-state index contributed by atoms with van der Waals surface area (Å²) >= 11 is 1.58. The number of aromatic nitrogens is 1. The molecule has 1 N–H and O–H groups in total. The van der Waals surface area contributed by atoms with Crippen LogP contribution in [0.5, 0.6) is 0 Å². The number of ketones is 1. The van der Waals surface area contributed by atoms with Crippen molar-refractivity contribution in [1.29, 1.82) is 0 Å². The molecule has 35 heavy (non-hydrogen) atoms. The zero-order valence-corrected chi connectivity index (χ0v) is 23.1. The van der Waals surface area contributed by atoms with E-state index in [9.17, 15) is 4.79 Å². The molecular formula is C29H43N3O2S. The molecule has 0 unspecified atom stereocenters. The molecule has 1 aromatic heterocycles. The average Bonchev–Trinajstić information content (AvgIpc) is 3.28. The molecule has 0 spiro atoms. The van der Waals surface area contributed by atoms with Gasteiger partial charge in [-0.1, -0.05) is 58.1 Å². The summed E-state index contributed by atoms with van der Waals surface area (Å²) in [5.74, 6) is 0.214. The predicted molar refractivity (Wildman–Crippen MR) is 147 cm³/mol. The molecule has 1 saturated heterocycles. The summed E-state index contributed by atoms with van der Waals surface area (Å²) in [5, 5.41) is 10.0. The van der Waals surface area contributed by atoms with E-state index in [0.717, 1.165) is 73.3 Å². The Balaban J connectivity index is 1.64. The third-order valence-corrected chi connectivity index (χ3v) is 9.15. The number of rotatable bonds is 9. The first-order valence-electron chi connectivity index (χ1n) is 13.4. The lowest BCUT2D eigenvalue weighted by Gasteiger charge is -2.42. The van der Waals surface area contributed by atoms with Gasteiger partial charge in [0.05, 0.1) is 10.6 Å². The number of thiazole rings is 1. The van der Waals surface area contributed by atoms with Gasteiger partial charge >= 0.3 is 0 Å². The van der Waals surface area contributed by atoms with Gasteiger partial charge in [-0.2, -0.15) is 0 Å². The topological polar surface area (TPSA) is 56.7 Å². The number of Topliss-reactive ketones (excluding diaryl/α,β-unsaturated/α-hetero) is 1. The van der Waals surface area contributed by atoms with Crippen LogP contribution in [0.2, 0.25) is 0 Å². The number of carbonyl (C=O) groups excluding carboxylic acids is 1. The molecule has 2 aliphatic rings. The Kier molecular flexibility index (Phi) is 8.04. The van der Waals surface area contributed by atoms with E-state index in [1.54, 1.807) is 11.3 Å². The molecule has 1 aliphatic heterocycles. The Bertz CT molecular complexity index is 1030. The normalized spacial score (nSPS) is 19.5. The second-order valence-electron chi connectivity index (χ2n) is 11.6. The van der Waals surface area contributed by atoms with Gasteiger partial charge in [-0.3, -0.25) is 9.69 Å². The second-order valence-corrected chi connectivity index (χ2v) is 12.6. The van der Waals surface area contributed by atoms with Gasteiger partial charge in [-0.05, 0) is 66.7 Å². The minimum atomic E-state index is 0.125. The van der Waals surface area contributed by atoms with Crippen molar-refractivity contribution >= 4 is 22.3 Å². The van der Waals surface area contributed by atoms with E-state index in [4.69, 9.17) is 10.1 Å². The van der Waals surface area contributed by atoms with Gasteiger partial charge in [-0.15, -0.1) is 0 Å². The number of hydrogen-bond acceptors (Lipinski definition) is 6. The first-order chi connectivity index (χ1) is 16.7. The van der Waals surface area contributed by atoms with Crippen LogP contribution in [0.4, 0.5) is 5.13 Å². The minimum Gasteiger partial charge on any atom is -0.396 e. The highest BCUT2D eigenvalue weighted by atomic mass is 32.1. The lowest BCUT2D eigenvalue weighted by Crippen LogP contribution is -2.46. The van der Waals surface area contributed by atoms with Crippen LogP contribution >= 0.6 is 11.3 Å². The average molecular weight is 498 g/mol. The van der Waals surface area contributed by atoms with Crippen molar-refractivity contribution in [3.05, 3.63) is 34.2 Å². The number of benzene rings is 1. The molecule has 192 valence electrons. The highest BCUT2D eigenvalue weighted by Crippen LogP contribution is 2.47. The van der Waals surface area contributed by atoms with E-state index in [1.807, 2.05) is 0 Å². The summed E-state index contributed by atoms with van der Waals surface area (Å²) in [7, 11) is 0. The van der Waals surface area contributed by atoms with E-state index in [1.165, 1.54) is 24.0 Å². The van der Waals surface area contributed by atoms with E-state index < -0.39 is 0 Å². The van der Waals surface area contributed by atoms with Gasteiger partial charge in [0.25, 0.3) is 0 Å². The van der Waals surface area contributed by atoms with Crippen molar-refractivity contribution in [2.75, 3.05) is 44.2 Å². The molecule has 4 rings (SSSR count). The summed E-state index contributed by atoms with van der Waals surface area (Å²) in [6.45, 7) is 16.6. The van der Waals surface area contributed by atoms with Crippen LogP contribution in [0.1, 0.15) is 93.9 Å². The summed E-state index contributed by atoms with van der Waals surface area (Å²) in [6, 6.07) is 6.82. The van der Waals surface area contributed by atoms with Gasteiger partial charge in [-0.25, -0.2) is 4.98 Å². The van der Waals surface area contributed by atoms with Gasteiger partial charge in [0, 0.05) is 44.8 Å². The monoisotopic (exact) mass is 497 g/mol. The zero-order valence-electron chi connectivity index (χ0n) is 22.3. The Morgan fingerprint density at radius 1 is 1.03 bits per heavy atom. The molecular weight excluding hydrogens is 454 g/mol. The number of fused-ring (bicyclic) bond motifs is 1. The first-order valence-corrected chi connectivity index (χ1v) is 14.3. The molecule has 0 bridgehead atoms. The molecule has 2 heterocycles. The van der Waals surface area contributed by atoms with E-state index >= 15 is 0 Å². The molecule has 2 aromatic rings. The third kappa shape index (κ3) is 5.65. The number of anilines is 1. The second kappa shape index (κ2) is 10.7. The molecule has 0 radical (unpaired) electrons. The third-order valence-electron chi connectivity index (χ3n) is 8.00. The fourth-order valence-corrected chi connectivity index (χ4v) is 6.62. The van der Waals surface area contributed by atoms with Crippen molar-refractivity contribution in [2.24, 2.45) is 0 Å². The van der Waals surface area contributed by atoms with Crippen LogP contribution in [0.15, 0.2) is 18.2 Å². The highest BCUT2D eigenvalue weighted by Gasteiger charge is 2.37. The summed E-state index contributed by atoms with van der Waals surface area (Å²) < 4.78 is 0. The largest absolute Gasteiger partial charge is 0.396 e. The SMILES string of the molecule is CCCC(=O)c1sc(N2CCN(CCCCO)CC2)nc1-c1ccc2c(c1)C(C)(C)CCC2(C)C. The Hall–Kier alpha value is -1.76. The van der Waals surface area contributed by atoms with Crippen LogP contribution in [-0.4, -0.2) is 60.1 Å². The van der Waals surface area contributed by atoms with E-state index in [-0.39, 0.29) is 23.2 Å². The Morgan fingerprint density at radius 3 is 2.37 bits per heavy atom. The van der Waals surface area contributed by atoms with Crippen molar-refractivity contribution in [2.45, 2.75) is 84.0 Å².